The van der Waals surface area contributed by atoms with Gasteiger partial charge in [-0.05, 0) is 31.5 Å². The molecule has 1 heterocycles. The van der Waals surface area contributed by atoms with E-state index in [1.54, 1.807) is 20.4 Å². The number of aryl methyl sites for hydroxylation is 2. The summed E-state index contributed by atoms with van der Waals surface area (Å²) in [5.74, 6) is 2.53. The third kappa shape index (κ3) is 2.11. The maximum Gasteiger partial charge on any atom is 0.128 e. The Bertz CT molecular complexity index is 532. The van der Waals surface area contributed by atoms with Crippen LogP contribution in [-0.4, -0.2) is 24.2 Å². The van der Waals surface area contributed by atoms with Gasteiger partial charge < -0.3 is 14.5 Å². The number of aromatic amines is 1. The highest BCUT2D eigenvalue weighted by atomic mass is 16.5. The summed E-state index contributed by atoms with van der Waals surface area (Å²) in [5.41, 5.74) is 2.93. The van der Waals surface area contributed by atoms with Crippen LogP contribution in [0.4, 0.5) is 0 Å². The molecule has 4 heteroatoms. The van der Waals surface area contributed by atoms with Crippen LogP contribution in [0.3, 0.4) is 0 Å². The molecule has 17 heavy (non-hydrogen) atoms. The molecule has 0 bridgehead atoms. The summed E-state index contributed by atoms with van der Waals surface area (Å²) in [6.07, 6.45) is 1.79. The molecule has 90 valence electrons. The summed E-state index contributed by atoms with van der Waals surface area (Å²) in [6.45, 7) is 3.91. The van der Waals surface area contributed by atoms with Crippen LogP contribution in [0.2, 0.25) is 0 Å². The molecule has 1 aromatic carbocycles. The quantitative estimate of drug-likeness (QED) is 0.885. The number of aromatic nitrogens is 2. The lowest BCUT2D eigenvalue weighted by Crippen LogP contribution is -1.93. The van der Waals surface area contributed by atoms with Crippen molar-refractivity contribution in [2.75, 3.05) is 14.2 Å². The van der Waals surface area contributed by atoms with E-state index in [-0.39, 0.29) is 0 Å². The molecule has 0 fully saturated rings. The predicted octanol–water partition coefficient (Wildman–Crippen LogP) is 2.71. The summed E-state index contributed by atoms with van der Waals surface area (Å²) in [4.78, 5) is 7.39. The van der Waals surface area contributed by atoms with Crippen molar-refractivity contribution in [3.05, 3.63) is 29.7 Å². The molecule has 0 aliphatic rings. The third-order valence-corrected chi connectivity index (χ3v) is 2.71. The maximum atomic E-state index is 5.39. The van der Waals surface area contributed by atoms with E-state index in [1.165, 1.54) is 0 Å². The monoisotopic (exact) mass is 232 g/mol. The highest BCUT2D eigenvalue weighted by Gasteiger charge is 2.12. The van der Waals surface area contributed by atoms with Crippen LogP contribution in [0.15, 0.2) is 18.3 Å². The molecule has 0 radical (unpaired) electrons. The van der Waals surface area contributed by atoms with Gasteiger partial charge in [0, 0.05) is 5.56 Å². The zero-order valence-electron chi connectivity index (χ0n) is 10.5. The molecule has 1 N–H and O–H groups in total. The van der Waals surface area contributed by atoms with E-state index in [2.05, 4.69) is 9.97 Å². The number of hydrogen-bond acceptors (Lipinski definition) is 3. The smallest absolute Gasteiger partial charge is 0.128 e. The van der Waals surface area contributed by atoms with Crippen molar-refractivity contribution in [3.63, 3.8) is 0 Å². The van der Waals surface area contributed by atoms with Gasteiger partial charge in [0.1, 0.15) is 17.3 Å². The van der Waals surface area contributed by atoms with Crippen molar-refractivity contribution < 1.29 is 9.47 Å². The number of rotatable bonds is 3. The number of benzene rings is 1. The second-order valence-electron chi connectivity index (χ2n) is 3.90. The summed E-state index contributed by atoms with van der Waals surface area (Å²) in [5, 5.41) is 0. The number of methoxy groups -OCH3 is 2. The van der Waals surface area contributed by atoms with Gasteiger partial charge in [-0.25, -0.2) is 4.98 Å². The van der Waals surface area contributed by atoms with Crippen LogP contribution in [0.25, 0.3) is 11.3 Å². The first-order valence-electron chi connectivity index (χ1n) is 5.40. The number of hydrogen-bond donors (Lipinski definition) is 1. The van der Waals surface area contributed by atoms with Gasteiger partial charge in [-0.2, -0.15) is 0 Å². The number of nitrogens with one attached hydrogen (secondary N) is 1. The predicted molar refractivity (Wildman–Crippen MR) is 66.6 cm³/mol. The fourth-order valence-electron chi connectivity index (χ4n) is 1.82. The van der Waals surface area contributed by atoms with Crippen LogP contribution >= 0.6 is 0 Å². The van der Waals surface area contributed by atoms with Crippen molar-refractivity contribution in [1.82, 2.24) is 9.97 Å². The molecule has 0 atom stereocenters. The van der Waals surface area contributed by atoms with Gasteiger partial charge in [-0.1, -0.05) is 0 Å². The average molecular weight is 232 g/mol. The first kappa shape index (κ1) is 11.5. The first-order chi connectivity index (χ1) is 8.15. The molecule has 0 amide bonds. The van der Waals surface area contributed by atoms with E-state index in [0.29, 0.717) is 0 Å². The van der Waals surface area contributed by atoms with E-state index in [0.717, 1.165) is 34.1 Å². The number of imidazole rings is 1. The minimum absolute atomic E-state index is 0.812. The van der Waals surface area contributed by atoms with Gasteiger partial charge in [0.2, 0.25) is 0 Å². The number of nitrogens with zero attached hydrogens (tertiary/aromatic N) is 1. The lowest BCUT2D eigenvalue weighted by Gasteiger charge is -2.11. The molecule has 2 rings (SSSR count). The molecule has 0 aliphatic heterocycles. The van der Waals surface area contributed by atoms with Crippen molar-refractivity contribution in [3.8, 4) is 22.8 Å². The van der Waals surface area contributed by atoms with E-state index in [4.69, 9.17) is 9.47 Å². The van der Waals surface area contributed by atoms with Gasteiger partial charge in [0.05, 0.1) is 26.1 Å². The van der Waals surface area contributed by atoms with Gasteiger partial charge in [0.15, 0.2) is 0 Å². The van der Waals surface area contributed by atoms with Crippen molar-refractivity contribution in [2.24, 2.45) is 0 Å². The van der Waals surface area contributed by atoms with Crippen molar-refractivity contribution in [1.29, 1.82) is 0 Å². The molecule has 0 aliphatic carbocycles. The van der Waals surface area contributed by atoms with E-state index in [1.807, 2.05) is 26.0 Å². The van der Waals surface area contributed by atoms with E-state index >= 15 is 0 Å². The minimum atomic E-state index is 0.812. The van der Waals surface area contributed by atoms with Gasteiger partial charge in [-0.3, -0.25) is 0 Å². The number of ether oxygens (including phenoxy) is 2. The van der Waals surface area contributed by atoms with Crippen LogP contribution in [-0.2, 0) is 0 Å². The Morgan fingerprint density at radius 3 is 2.29 bits per heavy atom. The topological polar surface area (TPSA) is 47.1 Å². The first-order valence-corrected chi connectivity index (χ1v) is 5.40. The Hall–Kier alpha value is -1.97. The Kier molecular flexibility index (Phi) is 3.04. The second kappa shape index (κ2) is 4.49. The standard InChI is InChI=1S/C13H16N2O2/c1-8-5-13(17-4)10(6-12(8)16-3)11-7-14-9(2)15-11/h5-7H,1-4H3,(H,14,15). The summed E-state index contributed by atoms with van der Waals surface area (Å²) in [6, 6.07) is 3.92. The lowest BCUT2D eigenvalue weighted by atomic mass is 10.1. The number of H-pyrrole nitrogens is 1. The van der Waals surface area contributed by atoms with Crippen molar-refractivity contribution in [2.45, 2.75) is 13.8 Å². The fraction of sp³-hybridized carbons (Fsp3) is 0.308. The fourth-order valence-corrected chi connectivity index (χ4v) is 1.82. The minimum Gasteiger partial charge on any atom is -0.496 e. The summed E-state index contributed by atoms with van der Waals surface area (Å²) in [7, 11) is 3.32. The molecule has 4 nitrogen and oxygen atoms in total. The molecule has 2 aromatic rings. The Morgan fingerprint density at radius 2 is 1.76 bits per heavy atom. The highest BCUT2D eigenvalue weighted by molar-refractivity contribution is 5.70. The van der Waals surface area contributed by atoms with Crippen LogP contribution in [0, 0.1) is 13.8 Å². The highest BCUT2D eigenvalue weighted by Crippen LogP contribution is 2.34. The maximum absolute atomic E-state index is 5.39. The van der Waals surface area contributed by atoms with E-state index in [9.17, 15) is 0 Å². The Balaban J connectivity index is 2.58. The van der Waals surface area contributed by atoms with E-state index < -0.39 is 0 Å². The Morgan fingerprint density at radius 1 is 1.06 bits per heavy atom. The SMILES string of the molecule is COc1cc(-c2cnc(C)[nH]2)c(OC)cc1C. The molecule has 1 aromatic heterocycles. The molecular formula is C13H16N2O2. The lowest BCUT2D eigenvalue weighted by molar-refractivity contribution is 0.401. The molecule has 0 spiro atoms. The largest absolute Gasteiger partial charge is 0.496 e. The average Bonchev–Trinajstić information content (AvgIpc) is 2.75. The zero-order valence-corrected chi connectivity index (χ0v) is 10.5. The normalized spacial score (nSPS) is 10.4. The van der Waals surface area contributed by atoms with Gasteiger partial charge in [0.25, 0.3) is 0 Å². The Labute approximate surface area is 101 Å². The van der Waals surface area contributed by atoms with Gasteiger partial charge >= 0.3 is 0 Å². The van der Waals surface area contributed by atoms with Gasteiger partial charge in [-0.15, -0.1) is 0 Å². The van der Waals surface area contributed by atoms with Crippen LogP contribution in [0.5, 0.6) is 11.5 Å². The molecule has 0 saturated heterocycles. The zero-order chi connectivity index (χ0) is 12.4. The second-order valence-corrected chi connectivity index (χ2v) is 3.90. The molecule has 0 unspecified atom stereocenters. The third-order valence-electron chi connectivity index (χ3n) is 2.71. The van der Waals surface area contributed by atoms with Crippen LogP contribution < -0.4 is 9.47 Å². The van der Waals surface area contributed by atoms with Crippen LogP contribution in [0.1, 0.15) is 11.4 Å². The summed E-state index contributed by atoms with van der Waals surface area (Å²) >= 11 is 0. The molecule has 0 saturated carbocycles. The molecular weight excluding hydrogens is 216 g/mol. The van der Waals surface area contributed by atoms with Crippen molar-refractivity contribution >= 4 is 0 Å². The summed E-state index contributed by atoms with van der Waals surface area (Å²) < 4.78 is 10.7.